The average molecular weight is 297 g/mol. The quantitative estimate of drug-likeness (QED) is 0.870. The molecule has 1 aliphatic carbocycles. The van der Waals surface area contributed by atoms with E-state index >= 15 is 0 Å². The highest BCUT2D eigenvalue weighted by Gasteiger charge is 2.25. The van der Waals surface area contributed by atoms with Crippen molar-refractivity contribution in [3.05, 3.63) is 46.8 Å². The molecule has 0 bridgehead atoms. The molecule has 0 unspecified atom stereocenters. The van der Waals surface area contributed by atoms with Crippen LogP contribution in [-0.4, -0.2) is 29.7 Å². The molecule has 0 saturated heterocycles. The zero-order valence-corrected chi connectivity index (χ0v) is 13.6. The van der Waals surface area contributed by atoms with E-state index in [-0.39, 0.29) is 5.78 Å². The molecule has 3 rings (SSSR count). The Bertz CT molecular complexity index is 683. The normalized spacial score (nSPS) is 14.0. The molecular weight excluding hydrogens is 274 g/mol. The SMILES string of the molecule is CCc1nn(Cc2ccc(N(C)C)cc2)c2c1C(=O)CCC2. The van der Waals surface area contributed by atoms with Gasteiger partial charge in [0.25, 0.3) is 0 Å². The first kappa shape index (κ1) is 14.8. The van der Waals surface area contributed by atoms with Gasteiger partial charge in [-0.05, 0) is 37.0 Å². The Morgan fingerprint density at radius 3 is 2.55 bits per heavy atom. The van der Waals surface area contributed by atoms with E-state index in [0.29, 0.717) is 6.42 Å². The summed E-state index contributed by atoms with van der Waals surface area (Å²) in [6.07, 6.45) is 3.40. The van der Waals surface area contributed by atoms with Crippen LogP contribution in [0.1, 0.15) is 47.1 Å². The van der Waals surface area contributed by atoms with Gasteiger partial charge in [0.05, 0.1) is 17.8 Å². The van der Waals surface area contributed by atoms with Crippen molar-refractivity contribution in [1.82, 2.24) is 9.78 Å². The van der Waals surface area contributed by atoms with E-state index in [9.17, 15) is 4.79 Å². The van der Waals surface area contributed by atoms with Gasteiger partial charge in [-0.15, -0.1) is 0 Å². The van der Waals surface area contributed by atoms with Crippen LogP contribution in [0.2, 0.25) is 0 Å². The number of rotatable bonds is 4. The molecule has 0 aliphatic heterocycles. The Morgan fingerprint density at radius 1 is 1.18 bits per heavy atom. The number of carbonyl (C=O) groups is 1. The molecular formula is C18H23N3O. The summed E-state index contributed by atoms with van der Waals surface area (Å²) < 4.78 is 2.04. The fraction of sp³-hybridized carbons (Fsp3) is 0.444. The second-order valence-corrected chi connectivity index (χ2v) is 6.12. The van der Waals surface area contributed by atoms with Gasteiger partial charge in [-0.3, -0.25) is 9.48 Å². The third-order valence-corrected chi connectivity index (χ3v) is 4.35. The van der Waals surface area contributed by atoms with E-state index in [2.05, 4.69) is 36.1 Å². The lowest BCUT2D eigenvalue weighted by atomic mass is 9.94. The van der Waals surface area contributed by atoms with Gasteiger partial charge in [0, 0.05) is 31.9 Å². The molecule has 1 aliphatic rings. The largest absolute Gasteiger partial charge is 0.378 e. The van der Waals surface area contributed by atoms with Gasteiger partial charge < -0.3 is 4.90 Å². The van der Waals surface area contributed by atoms with Crippen LogP contribution < -0.4 is 4.90 Å². The number of nitrogens with zero attached hydrogens (tertiary/aromatic N) is 3. The fourth-order valence-electron chi connectivity index (χ4n) is 3.12. The van der Waals surface area contributed by atoms with E-state index in [0.717, 1.165) is 42.8 Å². The molecule has 4 nitrogen and oxygen atoms in total. The standard InChI is InChI=1S/C18H23N3O/c1-4-15-18-16(6-5-7-17(18)22)21(19-15)12-13-8-10-14(11-9-13)20(2)3/h8-11H,4-7,12H2,1-3H3. The number of benzene rings is 1. The summed E-state index contributed by atoms with van der Waals surface area (Å²) in [6, 6.07) is 8.52. The first-order valence-corrected chi connectivity index (χ1v) is 7.98. The van der Waals surface area contributed by atoms with Crippen LogP contribution in [0.15, 0.2) is 24.3 Å². The van der Waals surface area contributed by atoms with Gasteiger partial charge in [0.1, 0.15) is 0 Å². The van der Waals surface area contributed by atoms with E-state index in [1.807, 2.05) is 18.8 Å². The second-order valence-electron chi connectivity index (χ2n) is 6.12. The minimum absolute atomic E-state index is 0.271. The van der Waals surface area contributed by atoms with Crippen LogP contribution in [0.4, 0.5) is 5.69 Å². The van der Waals surface area contributed by atoms with Crippen molar-refractivity contribution >= 4 is 11.5 Å². The molecule has 0 N–H and O–H groups in total. The molecule has 0 spiro atoms. The third-order valence-electron chi connectivity index (χ3n) is 4.35. The Morgan fingerprint density at radius 2 is 1.91 bits per heavy atom. The van der Waals surface area contributed by atoms with Gasteiger partial charge in [-0.2, -0.15) is 5.10 Å². The van der Waals surface area contributed by atoms with Crippen LogP contribution in [0.5, 0.6) is 0 Å². The summed E-state index contributed by atoms with van der Waals surface area (Å²) in [5.41, 5.74) is 5.40. The van der Waals surface area contributed by atoms with Crippen LogP contribution in [0.3, 0.4) is 0 Å². The molecule has 0 amide bonds. The Hall–Kier alpha value is -2.10. The van der Waals surface area contributed by atoms with E-state index in [4.69, 9.17) is 5.10 Å². The van der Waals surface area contributed by atoms with Crippen LogP contribution >= 0.6 is 0 Å². The summed E-state index contributed by atoms with van der Waals surface area (Å²) in [5, 5.41) is 4.70. The monoisotopic (exact) mass is 297 g/mol. The molecule has 0 saturated carbocycles. The van der Waals surface area contributed by atoms with Gasteiger partial charge >= 0.3 is 0 Å². The van der Waals surface area contributed by atoms with E-state index < -0.39 is 0 Å². The number of aromatic nitrogens is 2. The maximum atomic E-state index is 12.2. The molecule has 116 valence electrons. The molecule has 1 heterocycles. The Kier molecular flexibility index (Phi) is 4.01. The number of ketones is 1. The first-order valence-electron chi connectivity index (χ1n) is 7.98. The van der Waals surface area contributed by atoms with Gasteiger partial charge in [0.15, 0.2) is 5.78 Å². The summed E-state index contributed by atoms with van der Waals surface area (Å²) in [5.74, 6) is 0.271. The lowest BCUT2D eigenvalue weighted by Crippen LogP contribution is -2.14. The average Bonchev–Trinajstić information content (AvgIpc) is 2.87. The number of hydrogen-bond donors (Lipinski definition) is 0. The molecule has 4 heteroatoms. The molecule has 1 aromatic carbocycles. The minimum atomic E-state index is 0.271. The molecule has 1 aromatic heterocycles. The first-order chi connectivity index (χ1) is 10.6. The van der Waals surface area contributed by atoms with Crippen molar-refractivity contribution in [2.75, 3.05) is 19.0 Å². The minimum Gasteiger partial charge on any atom is -0.378 e. The number of aryl methyl sites for hydroxylation is 1. The lowest BCUT2D eigenvalue weighted by molar-refractivity contribution is 0.0971. The number of carbonyl (C=O) groups excluding carboxylic acids is 1. The van der Waals surface area contributed by atoms with Crippen molar-refractivity contribution in [3.8, 4) is 0 Å². The van der Waals surface area contributed by atoms with Gasteiger partial charge in [-0.1, -0.05) is 19.1 Å². The summed E-state index contributed by atoms with van der Waals surface area (Å²) >= 11 is 0. The van der Waals surface area contributed by atoms with Crippen molar-refractivity contribution in [2.24, 2.45) is 0 Å². The van der Waals surface area contributed by atoms with Crippen LogP contribution in [-0.2, 0) is 19.4 Å². The van der Waals surface area contributed by atoms with E-state index in [1.54, 1.807) is 0 Å². The van der Waals surface area contributed by atoms with Crippen molar-refractivity contribution < 1.29 is 4.79 Å². The number of anilines is 1. The molecule has 0 fully saturated rings. The zero-order chi connectivity index (χ0) is 15.7. The maximum Gasteiger partial charge on any atom is 0.166 e. The lowest BCUT2D eigenvalue weighted by Gasteiger charge is -2.15. The molecule has 0 atom stereocenters. The van der Waals surface area contributed by atoms with Crippen molar-refractivity contribution in [1.29, 1.82) is 0 Å². The number of hydrogen-bond acceptors (Lipinski definition) is 3. The Labute approximate surface area is 131 Å². The highest BCUT2D eigenvalue weighted by Crippen LogP contribution is 2.25. The van der Waals surface area contributed by atoms with Crippen LogP contribution in [0, 0.1) is 0 Å². The number of fused-ring (bicyclic) bond motifs is 1. The second kappa shape index (κ2) is 5.95. The molecule has 22 heavy (non-hydrogen) atoms. The predicted molar refractivity (Wildman–Crippen MR) is 88.7 cm³/mol. The topological polar surface area (TPSA) is 38.1 Å². The highest BCUT2D eigenvalue weighted by atomic mass is 16.1. The van der Waals surface area contributed by atoms with Gasteiger partial charge in [-0.25, -0.2) is 0 Å². The fourth-order valence-corrected chi connectivity index (χ4v) is 3.12. The van der Waals surface area contributed by atoms with Crippen LogP contribution in [0.25, 0.3) is 0 Å². The van der Waals surface area contributed by atoms with Gasteiger partial charge in [0.2, 0.25) is 0 Å². The van der Waals surface area contributed by atoms with Crippen molar-refractivity contribution in [3.63, 3.8) is 0 Å². The predicted octanol–water partition coefficient (Wildman–Crippen LogP) is 3.08. The summed E-state index contributed by atoms with van der Waals surface area (Å²) in [7, 11) is 4.08. The number of Topliss-reactive ketones (excluding diaryl/α,β-unsaturated/α-hetero) is 1. The smallest absolute Gasteiger partial charge is 0.166 e. The van der Waals surface area contributed by atoms with E-state index in [1.165, 1.54) is 11.3 Å². The van der Waals surface area contributed by atoms with Crippen molar-refractivity contribution in [2.45, 2.75) is 39.2 Å². The summed E-state index contributed by atoms with van der Waals surface area (Å²) in [4.78, 5) is 14.3. The third kappa shape index (κ3) is 2.65. The maximum absolute atomic E-state index is 12.2. The highest BCUT2D eigenvalue weighted by molar-refractivity contribution is 5.99. The summed E-state index contributed by atoms with van der Waals surface area (Å²) in [6.45, 7) is 2.81. The zero-order valence-electron chi connectivity index (χ0n) is 13.6. The Balaban J connectivity index is 1.91. The molecule has 2 aromatic rings. The molecule has 0 radical (unpaired) electrons.